The molecule has 0 aromatic carbocycles. The highest BCUT2D eigenvalue weighted by atomic mass is 16.5. The van der Waals surface area contributed by atoms with Crippen LogP contribution < -0.4 is 5.73 Å². The van der Waals surface area contributed by atoms with E-state index in [0.29, 0.717) is 0 Å². The van der Waals surface area contributed by atoms with Gasteiger partial charge in [-0.1, -0.05) is 31.4 Å². The Kier molecular flexibility index (Phi) is 6.36. The zero-order chi connectivity index (χ0) is 11.0. The van der Waals surface area contributed by atoms with Crippen molar-refractivity contribution in [2.45, 2.75) is 6.04 Å². The number of aliphatic hydroxyl groups is 1. The fourth-order valence-corrected chi connectivity index (χ4v) is 0.662. The summed E-state index contributed by atoms with van der Waals surface area (Å²) in [6.07, 6.45) is 4.79. The van der Waals surface area contributed by atoms with Crippen LogP contribution in [0.4, 0.5) is 0 Å². The van der Waals surface area contributed by atoms with E-state index in [4.69, 9.17) is 15.6 Å². The van der Waals surface area contributed by atoms with Crippen LogP contribution in [-0.2, 0) is 9.53 Å². The maximum Gasteiger partial charge on any atom is 0.325 e. The summed E-state index contributed by atoms with van der Waals surface area (Å²) in [5.41, 5.74) is 5.95. The predicted octanol–water partition coefficient (Wildman–Crippen LogP) is 0.148. The lowest BCUT2D eigenvalue weighted by Gasteiger charge is -2.08. The van der Waals surface area contributed by atoms with Gasteiger partial charge in [0.1, 0.15) is 12.6 Å². The molecule has 0 fully saturated rings. The number of nitrogens with two attached hydrogens (primary N) is 1. The van der Waals surface area contributed by atoms with E-state index < -0.39 is 18.6 Å². The molecule has 1 unspecified atom stereocenters. The standard InChI is InChI=1S/C10H15NO3/c1-3-5-8(4-2)7-14-10(13)9(11)6-12/h3-5,9,12H,1-2,6-7,11H2/b8-5+. The molecule has 14 heavy (non-hydrogen) atoms. The second-order valence-corrected chi connectivity index (χ2v) is 2.58. The Morgan fingerprint density at radius 3 is 2.64 bits per heavy atom. The van der Waals surface area contributed by atoms with Crippen LogP contribution in [0.2, 0.25) is 0 Å². The molecule has 0 aliphatic carbocycles. The van der Waals surface area contributed by atoms with Crippen LogP contribution in [0.15, 0.2) is 37.0 Å². The van der Waals surface area contributed by atoms with E-state index in [1.54, 1.807) is 18.2 Å². The first-order valence-corrected chi connectivity index (χ1v) is 4.12. The largest absolute Gasteiger partial charge is 0.460 e. The van der Waals surface area contributed by atoms with Gasteiger partial charge < -0.3 is 15.6 Å². The first-order valence-electron chi connectivity index (χ1n) is 4.12. The lowest BCUT2D eigenvalue weighted by atomic mass is 10.2. The summed E-state index contributed by atoms with van der Waals surface area (Å²) in [7, 11) is 0. The van der Waals surface area contributed by atoms with Gasteiger partial charge in [0.05, 0.1) is 6.61 Å². The van der Waals surface area contributed by atoms with Gasteiger partial charge in [0.15, 0.2) is 0 Å². The molecule has 0 amide bonds. The number of hydrogen-bond acceptors (Lipinski definition) is 4. The highest BCUT2D eigenvalue weighted by molar-refractivity contribution is 5.75. The van der Waals surface area contributed by atoms with Gasteiger partial charge in [0.25, 0.3) is 0 Å². The number of carbonyl (C=O) groups is 1. The molecular formula is C10H15NO3. The van der Waals surface area contributed by atoms with Crippen LogP contribution in [0.3, 0.4) is 0 Å². The van der Waals surface area contributed by atoms with Crippen molar-refractivity contribution in [2.75, 3.05) is 13.2 Å². The molecule has 0 aliphatic heterocycles. The molecule has 0 bridgehead atoms. The summed E-state index contributed by atoms with van der Waals surface area (Å²) < 4.78 is 4.79. The molecule has 0 saturated heterocycles. The monoisotopic (exact) mass is 197 g/mol. The van der Waals surface area contributed by atoms with Crippen molar-refractivity contribution in [1.29, 1.82) is 0 Å². The molecule has 0 spiro atoms. The number of rotatable bonds is 6. The molecule has 3 N–H and O–H groups in total. The van der Waals surface area contributed by atoms with Crippen molar-refractivity contribution in [1.82, 2.24) is 0 Å². The van der Waals surface area contributed by atoms with Crippen molar-refractivity contribution < 1.29 is 14.6 Å². The Bertz CT molecular complexity index is 246. The average molecular weight is 197 g/mol. The molecule has 0 saturated carbocycles. The van der Waals surface area contributed by atoms with Crippen LogP contribution in [0, 0.1) is 0 Å². The second kappa shape index (κ2) is 7.06. The van der Waals surface area contributed by atoms with E-state index in [1.807, 2.05) is 0 Å². The number of carbonyl (C=O) groups excluding carboxylic acids is 1. The third kappa shape index (κ3) is 4.59. The van der Waals surface area contributed by atoms with Crippen LogP contribution in [0.25, 0.3) is 0 Å². The van der Waals surface area contributed by atoms with Gasteiger partial charge in [0.2, 0.25) is 0 Å². The van der Waals surface area contributed by atoms with Gasteiger partial charge in [-0.05, 0) is 5.57 Å². The summed E-state index contributed by atoms with van der Waals surface area (Å²) in [5, 5.41) is 8.55. The number of hydrogen-bond donors (Lipinski definition) is 2. The molecule has 1 atom stereocenters. The molecule has 4 nitrogen and oxygen atoms in total. The number of ether oxygens (including phenoxy) is 1. The highest BCUT2D eigenvalue weighted by Crippen LogP contribution is 1.98. The van der Waals surface area contributed by atoms with Gasteiger partial charge in [-0.2, -0.15) is 0 Å². The molecule has 0 rings (SSSR count). The third-order valence-corrected chi connectivity index (χ3v) is 1.47. The highest BCUT2D eigenvalue weighted by Gasteiger charge is 2.13. The summed E-state index contributed by atoms with van der Waals surface area (Å²) in [4.78, 5) is 11.0. The van der Waals surface area contributed by atoms with Crippen molar-refractivity contribution in [3.63, 3.8) is 0 Å². The average Bonchev–Trinajstić information content (AvgIpc) is 2.22. The van der Waals surface area contributed by atoms with Crippen LogP contribution in [-0.4, -0.2) is 30.3 Å². The minimum absolute atomic E-state index is 0.0854. The molecule has 0 radical (unpaired) electrons. The quantitative estimate of drug-likeness (QED) is 0.469. The molecular weight excluding hydrogens is 182 g/mol. The SMILES string of the molecule is C=C/C=C(\C=C)COC(=O)C(N)CO. The van der Waals surface area contributed by atoms with Gasteiger partial charge in [-0.15, -0.1) is 0 Å². The minimum atomic E-state index is -0.982. The number of esters is 1. The summed E-state index contributed by atoms with van der Waals surface area (Å²) >= 11 is 0. The van der Waals surface area contributed by atoms with Gasteiger partial charge in [-0.25, -0.2) is 0 Å². The number of aliphatic hydroxyl groups excluding tert-OH is 1. The second-order valence-electron chi connectivity index (χ2n) is 2.58. The Morgan fingerprint density at radius 1 is 1.57 bits per heavy atom. The molecule has 0 aliphatic rings. The van der Waals surface area contributed by atoms with Crippen molar-refractivity contribution in [3.8, 4) is 0 Å². The summed E-state index contributed by atoms with van der Waals surface area (Å²) in [5.74, 6) is -0.635. The van der Waals surface area contributed by atoms with E-state index in [0.717, 1.165) is 5.57 Å². The zero-order valence-electron chi connectivity index (χ0n) is 7.98. The predicted molar refractivity (Wildman–Crippen MR) is 54.5 cm³/mol. The Balaban J connectivity index is 4.03. The smallest absolute Gasteiger partial charge is 0.325 e. The fourth-order valence-electron chi connectivity index (χ4n) is 0.662. The molecule has 0 aromatic rings. The Morgan fingerprint density at radius 2 is 2.21 bits per heavy atom. The van der Waals surface area contributed by atoms with Crippen LogP contribution >= 0.6 is 0 Å². The lowest BCUT2D eigenvalue weighted by molar-refractivity contribution is -0.145. The Labute approximate surface area is 83.4 Å². The van der Waals surface area contributed by atoms with Crippen LogP contribution in [0.1, 0.15) is 0 Å². The Hall–Kier alpha value is -1.39. The molecule has 0 heterocycles. The maximum absolute atomic E-state index is 11.0. The molecule has 0 aromatic heterocycles. The summed E-state index contributed by atoms with van der Waals surface area (Å²) in [6.45, 7) is 6.69. The molecule has 78 valence electrons. The topological polar surface area (TPSA) is 72.5 Å². The van der Waals surface area contributed by atoms with E-state index in [2.05, 4.69) is 13.2 Å². The normalized spacial score (nSPS) is 13.1. The minimum Gasteiger partial charge on any atom is -0.460 e. The van der Waals surface area contributed by atoms with Crippen molar-refractivity contribution in [3.05, 3.63) is 37.0 Å². The van der Waals surface area contributed by atoms with Gasteiger partial charge in [-0.3, -0.25) is 4.79 Å². The first-order chi connectivity index (χ1) is 6.65. The van der Waals surface area contributed by atoms with Crippen molar-refractivity contribution in [2.24, 2.45) is 5.73 Å². The van der Waals surface area contributed by atoms with Crippen molar-refractivity contribution >= 4 is 5.97 Å². The maximum atomic E-state index is 11.0. The van der Waals surface area contributed by atoms with Crippen LogP contribution in [0.5, 0.6) is 0 Å². The van der Waals surface area contributed by atoms with E-state index in [9.17, 15) is 4.79 Å². The molecule has 4 heteroatoms. The van der Waals surface area contributed by atoms with Gasteiger partial charge in [0, 0.05) is 0 Å². The van der Waals surface area contributed by atoms with E-state index in [1.165, 1.54) is 0 Å². The third-order valence-electron chi connectivity index (χ3n) is 1.47. The zero-order valence-corrected chi connectivity index (χ0v) is 7.98. The van der Waals surface area contributed by atoms with Gasteiger partial charge >= 0.3 is 5.97 Å². The fraction of sp³-hybridized carbons (Fsp3) is 0.300. The van der Waals surface area contributed by atoms with E-state index in [-0.39, 0.29) is 6.61 Å². The van der Waals surface area contributed by atoms with E-state index >= 15 is 0 Å². The first kappa shape index (κ1) is 12.6. The lowest BCUT2D eigenvalue weighted by Crippen LogP contribution is -2.35. The summed E-state index contributed by atoms with van der Waals surface area (Å²) in [6, 6.07) is -0.982. The number of allylic oxidation sites excluding steroid dienone is 2.